The Morgan fingerprint density at radius 2 is 2.12 bits per heavy atom. The Morgan fingerprint density at radius 3 is 2.92 bits per heavy atom. The van der Waals surface area contributed by atoms with Crippen LogP contribution in [0.15, 0.2) is 42.6 Å². The van der Waals surface area contributed by atoms with Gasteiger partial charge in [0.2, 0.25) is 12.0 Å². The summed E-state index contributed by atoms with van der Waals surface area (Å²) in [4.78, 5) is 30.2. The summed E-state index contributed by atoms with van der Waals surface area (Å²) in [5, 5.41) is 2.85. The number of anilines is 1. The molecule has 1 fully saturated rings. The SMILES string of the molecule is O=C(NCc1ccnc(N2CCCC2=O)c1)[C@H]1COc2ccccc2O1. The monoisotopic (exact) mass is 353 g/mol. The van der Waals surface area contributed by atoms with Crippen molar-refractivity contribution in [3.05, 3.63) is 48.2 Å². The molecule has 2 aliphatic heterocycles. The van der Waals surface area contributed by atoms with Crippen LogP contribution in [0.3, 0.4) is 0 Å². The topological polar surface area (TPSA) is 80.8 Å². The van der Waals surface area contributed by atoms with Crippen molar-refractivity contribution in [3.8, 4) is 11.5 Å². The second kappa shape index (κ2) is 7.03. The van der Waals surface area contributed by atoms with E-state index >= 15 is 0 Å². The van der Waals surface area contributed by atoms with Crippen LogP contribution in [0.2, 0.25) is 0 Å². The average Bonchev–Trinajstić information content (AvgIpc) is 3.12. The van der Waals surface area contributed by atoms with Gasteiger partial charge in [-0.05, 0) is 36.2 Å². The number of nitrogens with zero attached hydrogens (tertiary/aromatic N) is 2. The van der Waals surface area contributed by atoms with Gasteiger partial charge < -0.3 is 14.8 Å². The minimum atomic E-state index is -0.689. The molecule has 26 heavy (non-hydrogen) atoms. The highest BCUT2D eigenvalue weighted by molar-refractivity contribution is 5.94. The Kier molecular flexibility index (Phi) is 4.43. The predicted octanol–water partition coefficient (Wildman–Crippen LogP) is 1.66. The smallest absolute Gasteiger partial charge is 0.264 e. The molecule has 1 aromatic heterocycles. The number of pyridine rings is 1. The fourth-order valence-electron chi connectivity index (χ4n) is 3.06. The molecular formula is C19H19N3O4. The zero-order valence-electron chi connectivity index (χ0n) is 14.2. The van der Waals surface area contributed by atoms with Crippen LogP contribution in [0.4, 0.5) is 5.82 Å². The molecule has 2 aliphatic rings. The van der Waals surface area contributed by atoms with Gasteiger partial charge in [0.25, 0.3) is 5.91 Å². The lowest BCUT2D eigenvalue weighted by molar-refractivity contribution is -0.130. The van der Waals surface area contributed by atoms with E-state index in [4.69, 9.17) is 9.47 Å². The molecular weight excluding hydrogens is 334 g/mol. The van der Waals surface area contributed by atoms with Crippen LogP contribution < -0.4 is 19.7 Å². The lowest BCUT2D eigenvalue weighted by Crippen LogP contribution is -2.43. The van der Waals surface area contributed by atoms with Crippen LogP contribution in [0.1, 0.15) is 18.4 Å². The standard InChI is InChI=1S/C19H19N3O4/c23-18-6-3-9-22(18)17-10-13(7-8-20-17)11-21-19(24)16-12-25-14-4-1-2-5-15(14)26-16/h1-2,4-5,7-8,10,16H,3,6,9,11-12H2,(H,21,24)/t16-/m1/s1. The summed E-state index contributed by atoms with van der Waals surface area (Å²) in [6.45, 7) is 1.19. The first-order valence-electron chi connectivity index (χ1n) is 8.62. The molecule has 2 amide bonds. The first-order chi connectivity index (χ1) is 12.7. The summed E-state index contributed by atoms with van der Waals surface area (Å²) in [5.41, 5.74) is 0.875. The van der Waals surface area contributed by atoms with Crippen LogP contribution in [0.5, 0.6) is 11.5 Å². The van der Waals surface area contributed by atoms with E-state index in [1.54, 1.807) is 17.2 Å². The van der Waals surface area contributed by atoms with E-state index in [0.29, 0.717) is 36.8 Å². The summed E-state index contributed by atoms with van der Waals surface area (Å²) in [5.74, 6) is 1.69. The first kappa shape index (κ1) is 16.4. The molecule has 2 aromatic rings. The van der Waals surface area contributed by atoms with E-state index < -0.39 is 6.10 Å². The Labute approximate surface area is 150 Å². The molecule has 4 rings (SSSR count). The number of carbonyl (C=O) groups is 2. The third-order valence-corrected chi connectivity index (χ3v) is 4.43. The Balaban J connectivity index is 1.37. The highest BCUT2D eigenvalue weighted by Gasteiger charge is 2.27. The number of aromatic nitrogens is 1. The number of hydrogen-bond acceptors (Lipinski definition) is 5. The first-order valence-corrected chi connectivity index (χ1v) is 8.62. The van der Waals surface area contributed by atoms with Crippen LogP contribution >= 0.6 is 0 Å². The highest BCUT2D eigenvalue weighted by Crippen LogP contribution is 2.30. The minimum absolute atomic E-state index is 0.0881. The second-order valence-corrected chi connectivity index (χ2v) is 6.25. The molecule has 0 saturated carbocycles. The van der Waals surface area contributed by atoms with E-state index in [2.05, 4.69) is 10.3 Å². The Morgan fingerprint density at radius 1 is 1.27 bits per heavy atom. The van der Waals surface area contributed by atoms with Gasteiger partial charge in [0.05, 0.1) is 0 Å². The van der Waals surface area contributed by atoms with Crippen LogP contribution in [0, 0.1) is 0 Å². The number of carbonyl (C=O) groups excluding carboxylic acids is 2. The number of para-hydroxylation sites is 2. The van der Waals surface area contributed by atoms with E-state index in [-0.39, 0.29) is 18.4 Å². The van der Waals surface area contributed by atoms with Gasteiger partial charge in [0.15, 0.2) is 11.5 Å². The molecule has 1 saturated heterocycles. The molecule has 7 nitrogen and oxygen atoms in total. The fraction of sp³-hybridized carbons (Fsp3) is 0.316. The molecule has 1 N–H and O–H groups in total. The van der Waals surface area contributed by atoms with Gasteiger partial charge in [-0.25, -0.2) is 4.98 Å². The van der Waals surface area contributed by atoms with Crippen LogP contribution in [-0.2, 0) is 16.1 Å². The van der Waals surface area contributed by atoms with E-state index in [0.717, 1.165) is 12.0 Å². The largest absolute Gasteiger partial charge is 0.485 e. The number of benzene rings is 1. The zero-order valence-corrected chi connectivity index (χ0v) is 14.2. The van der Waals surface area contributed by atoms with Crippen molar-refractivity contribution in [2.75, 3.05) is 18.1 Å². The van der Waals surface area contributed by atoms with Crippen molar-refractivity contribution >= 4 is 17.6 Å². The van der Waals surface area contributed by atoms with E-state index in [9.17, 15) is 9.59 Å². The number of rotatable bonds is 4. The third kappa shape index (κ3) is 3.33. The summed E-state index contributed by atoms with van der Waals surface area (Å²) < 4.78 is 11.3. The minimum Gasteiger partial charge on any atom is -0.485 e. The van der Waals surface area contributed by atoms with Crippen LogP contribution in [0.25, 0.3) is 0 Å². The van der Waals surface area contributed by atoms with Crippen molar-refractivity contribution in [1.82, 2.24) is 10.3 Å². The lowest BCUT2D eigenvalue weighted by Gasteiger charge is -2.25. The fourth-order valence-corrected chi connectivity index (χ4v) is 3.06. The van der Waals surface area contributed by atoms with Crippen molar-refractivity contribution in [1.29, 1.82) is 0 Å². The summed E-state index contributed by atoms with van der Waals surface area (Å²) in [6.07, 6.45) is 2.37. The molecule has 0 spiro atoms. The maximum absolute atomic E-state index is 12.4. The number of nitrogens with one attached hydrogen (secondary N) is 1. The molecule has 134 valence electrons. The second-order valence-electron chi connectivity index (χ2n) is 6.25. The summed E-state index contributed by atoms with van der Waals surface area (Å²) in [6, 6.07) is 10.9. The normalized spacial score (nSPS) is 18.7. The molecule has 1 atom stereocenters. The molecule has 0 bridgehead atoms. The van der Waals surface area contributed by atoms with Crippen LogP contribution in [-0.4, -0.2) is 36.1 Å². The van der Waals surface area contributed by atoms with Crippen molar-refractivity contribution < 1.29 is 19.1 Å². The molecule has 0 radical (unpaired) electrons. The van der Waals surface area contributed by atoms with Gasteiger partial charge in [0, 0.05) is 25.7 Å². The van der Waals surface area contributed by atoms with Gasteiger partial charge >= 0.3 is 0 Å². The van der Waals surface area contributed by atoms with Crippen molar-refractivity contribution in [3.63, 3.8) is 0 Å². The van der Waals surface area contributed by atoms with Crippen molar-refractivity contribution in [2.24, 2.45) is 0 Å². The lowest BCUT2D eigenvalue weighted by atomic mass is 10.2. The number of fused-ring (bicyclic) bond motifs is 1. The van der Waals surface area contributed by atoms with Gasteiger partial charge in [-0.15, -0.1) is 0 Å². The molecule has 0 unspecified atom stereocenters. The summed E-state index contributed by atoms with van der Waals surface area (Å²) in [7, 11) is 0. The predicted molar refractivity (Wildman–Crippen MR) is 94.0 cm³/mol. The number of hydrogen-bond donors (Lipinski definition) is 1. The highest BCUT2D eigenvalue weighted by atomic mass is 16.6. The molecule has 0 aliphatic carbocycles. The zero-order chi connectivity index (χ0) is 17.9. The van der Waals surface area contributed by atoms with Gasteiger partial charge in [-0.1, -0.05) is 12.1 Å². The average molecular weight is 353 g/mol. The van der Waals surface area contributed by atoms with Gasteiger partial charge in [-0.3, -0.25) is 14.5 Å². The number of ether oxygens (including phenoxy) is 2. The maximum Gasteiger partial charge on any atom is 0.264 e. The third-order valence-electron chi connectivity index (χ3n) is 4.43. The number of amides is 2. The van der Waals surface area contributed by atoms with E-state index in [1.165, 1.54) is 0 Å². The quantitative estimate of drug-likeness (QED) is 0.904. The Bertz CT molecular complexity index is 839. The molecule has 1 aromatic carbocycles. The van der Waals surface area contributed by atoms with Gasteiger partial charge in [-0.2, -0.15) is 0 Å². The molecule has 7 heteroatoms. The Hall–Kier alpha value is -3.09. The van der Waals surface area contributed by atoms with Gasteiger partial charge in [0.1, 0.15) is 12.4 Å². The summed E-state index contributed by atoms with van der Waals surface area (Å²) >= 11 is 0. The van der Waals surface area contributed by atoms with Crippen molar-refractivity contribution in [2.45, 2.75) is 25.5 Å². The maximum atomic E-state index is 12.4. The molecule has 3 heterocycles. The van der Waals surface area contributed by atoms with E-state index in [1.807, 2.05) is 30.3 Å².